The molecule has 21 heavy (non-hydrogen) atoms. The molecule has 0 amide bonds. The van der Waals surface area contributed by atoms with Crippen molar-refractivity contribution in [3.63, 3.8) is 0 Å². The second kappa shape index (κ2) is 4.98. The first kappa shape index (κ1) is 13.3. The van der Waals surface area contributed by atoms with Gasteiger partial charge in [0.1, 0.15) is 0 Å². The van der Waals surface area contributed by atoms with Crippen LogP contribution in [0, 0.1) is 10.1 Å². The number of nitrogens with zero attached hydrogens (tertiary/aromatic N) is 2. The summed E-state index contributed by atoms with van der Waals surface area (Å²) in [5, 5.41) is 12.6. The molecule has 0 aliphatic carbocycles. The average molecular weight is 304 g/mol. The average Bonchev–Trinajstić information content (AvgIpc) is 3.07. The van der Waals surface area contributed by atoms with E-state index >= 15 is 0 Å². The Kier molecular flexibility index (Phi) is 3.15. The molecule has 2 aromatic heterocycles. The molecule has 8 heteroatoms. The summed E-state index contributed by atoms with van der Waals surface area (Å²) in [5.41, 5.74) is 0.282. The lowest BCUT2D eigenvalue weighted by molar-refractivity contribution is -0.384. The van der Waals surface area contributed by atoms with Crippen LogP contribution in [0.3, 0.4) is 0 Å². The molecule has 0 radical (unpaired) electrons. The summed E-state index contributed by atoms with van der Waals surface area (Å²) in [6, 6.07) is 7.21. The number of oxazole rings is 1. The number of benzene rings is 1. The van der Waals surface area contributed by atoms with E-state index in [9.17, 15) is 19.7 Å². The van der Waals surface area contributed by atoms with Crippen LogP contribution in [0.4, 0.5) is 5.69 Å². The number of carbonyl (C=O) groups excluding carboxylic acids is 1. The predicted octanol–water partition coefficient (Wildman–Crippen LogP) is 2.45. The number of hydrogen-bond acceptors (Lipinski definition) is 6. The highest BCUT2D eigenvalue weighted by atomic mass is 32.1. The maximum absolute atomic E-state index is 12.1. The van der Waals surface area contributed by atoms with Crippen LogP contribution in [0.15, 0.2) is 44.9 Å². The van der Waals surface area contributed by atoms with Gasteiger partial charge in [0, 0.05) is 12.1 Å². The molecule has 3 rings (SSSR count). The summed E-state index contributed by atoms with van der Waals surface area (Å²) in [7, 11) is 0. The van der Waals surface area contributed by atoms with Crippen molar-refractivity contribution in [2.45, 2.75) is 6.54 Å². The SMILES string of the molecule is O=C(Cn1c(=O)oc2ccc([N+](=O)[O-])cc21)c1cccs1. The zero-order valence-electron chi connectivity index (χ0n) is 10.5. The van der Waals surface area contributed by atoms with Gasteiger partial charge in [-0.25, -0.2) is 4.79 Å². The molecular formula is C13H8N2O5S. The Labute approximate surface area is 121 Å². The molecule has 0 aliphatic rings. The number of nitro benzene ring substituents is 1. The van der Waals surface area contributed by atoms with Gasteiger partial charge in [0.2, 0.25) is 0 Å². The van der Waals surface area contributed by atoms with Crippen molar-refractivity contribution in [2.24, 2.45) is 0 Å². The van der Waals surface area contributed by atoms with Crippen LogP contribution in [0.2, 0.25) is 0 Å². The molecule has 0 unspecified atom stereocenters. The van der Waals surface area contributed by atoms with Crippen LogP contribution in [-0.4, -0.2) is 15.3 Å². The van der Waals surface area contributed by atoms with Gasteiger partial charge in [0.05, 0.1) is 21.9 Å². The summed E-state index contributed by atoms with van der Waals surface area (Å²) < 4.78 is 6.09. The molecule has 1 aromatic carbocycles. The van der Waals surface area contributed by atoms with Gasteiger partial charge in [-0.2, -0.15) is 0 Å². The van der Waals surface area contributed by atoms with E-state index in [1.807, 2.05) is 0 Å². The normalized spacial score (nSPS) is 10.9. The summed E-state index contributed by atoms with van der Waals surface area (Å²) in [4.78, 5) is 34.6. The maximum Gasteiger partial charge on any atom is 0.420 e. The number of carbonyl (C=O) groups is 1. The minimum atomic E-state index is -0.713. The number of non-ortho nitro benzene ring substituents is 1. The van der Waals surface area contributed by atoms with E-state index in [4.69, 9.17) is 4.42 Å². The molecule has 0 bridgehead atoms. The highest BCUT2D eigenvalue weighted by molar-refractivity contribution is 7.12. The Hall–Kier alpha value is -2.74. The molecule has 0 atom stereocenters. The number of fused-ring (bicyclic) bond motifs is 1. The van der Waals surface area contributed by atoms with E-state index in [0.717, 1.165) is 4.57 Å². The fourth-order valence-corrected chi connectivity index (χ4v) is 2.63. The van der Waals surface area contributed by atoms with Crippen LogP contribution in [-0.2, 0) is 6.54 Å². The second-order valence-corrected chi connectivity index (χ2v) is 5.21. The highest BCUT2D eigenvalue weighted by Gasteiger charge is 2.17. The van der Waals surface area contributed by atoms with Crippen LogP contribution < -0.4 is 5.76 Å². The molecular weight excluding hydrogens is 296 g/mol. The third kappa shape index (κ3) is 2.36. The fraction of sp³-hybridized carbons (Fsp3) is 0.0769. The maximum atomic E-state index is 12.1. The van der Waals surface area contributed by atoms with Crippen LogP contribution in [0.1, 0.15) is 9.67 Å². The van der Waals surface area contributed by atoms with E-state index in [1.54, 1.807) is 17.5 Å². The smallest absolute Gasteiger partial charge is 0.408 e. The third-order valence-corrected chi connectivity index (χ3v) is 3.87. The minimum Gasteiger partial charge on any atom is -0.408 e. The van der Waals surface area contributed by atoms with E-state index in [-0.39, 0.29) is 29.1 Å². The summed E-state index contributed by atoms with van der Waals surface area (Å²) >= 11 is 1.27. The first-order chi connectivity index (χ1) is 10.1. The van der Waals surface area contributed by atoms with Gasteiger partial charge in [0.15, 0.2) is 11.4 Å². The first-order valence-corrected chi connectivity index (χ1v) is 6.79. The minimum absolute atomic E-state index is 0.166. The first-order valence-electron chi connectivity index (χ1n) is 5.91. The summed E-state index contributed by atoms with van der Waals surface area (Å²) in [6.45, 7) is -0.215. The highest BCUT2D eigenvalue weighted by Crippen LogP contribution is 2.20. The van der Waals surface area contributed by atoms with Crippen molar-refractivity contribution in [1.29, 1.82) is 0 Å². The number of rotatable bonds is 4. The number of ketones is 1. The van der Waals surface area contributed by atoms with Gasteiger partial charge in [-0.15, -0.1) is 11.3 Å². The molecule has 0 fully saturated rings. The van der Waals surface area contributed by atoms with Crippen LogP contribution in [0.5, 0.6) is 0 Å². The van der Waals surface area contributed by atoms with Gasteiger partial charge in [-0.05, 0) is 17.5 Å². The Balaban J connectivity index is 2.07. The largest absolute Gasteiger partial charge is 0.420 e. The van der Waals surface area contributed by atoms with Crippen molar-refractivity contribution in [3.8, 4) is 0 Å². The Bertz CT molecular complexity index is 891. The van der Waals surface area contributed by atoms with Crippen LogP contribution in [0.25, 0.3) is 11.1 Å². The lowest BCUT2D eigenvalue weighted by atomic mass is 10.2. The molecule has 0 N–H and O–H groups in total. The standard InChI is InChI=1S/C13H8N2O5S/c16-10(12-2-1-5-21-12)7-14-9-6-8(15(18)19)3-4-11(9)20-13(14)17/h1-6H,7H2. The van der Waals surface area contributed by atoms with Gasteiger partial charge in [-0.1, -0.05) is 6.07 Å². The molecule has 0 saturated carbocycles. The zero-order valence-corrected chi connectivity index (χ0v) is 11.3. The van der Waals surface area contributed by atoms with Crippen molar-refractivity contribution in [3.05, 3.63) is 61.3 Å². The lowest BCUT2D eigenvalue weighted by Gasteiger charge is -2.00. The zero-order chi connectivity index (χ0) is 15.0. The topological polar surface area (TPSA) is 95.3 Å². The summed E-state index contributed by atoms with van der Waals surface area (Å²) in [6.07, 6.45) is 0. The monoisotopic (exact) mass is 304 g/mol. The number of thiophene rings is 1. The van der Waals surface area contributed by atoms with E-state index < -0.39 is 10.7 Å². The molecule has 3 aromatic rings. The van der Waals surface area contributed by atoms with Crippen molar-refractivity contribution < 1.29 is 14.1 Å². The molecule has 0 aliphatic heterocycles. The molecule has 106 valence electrons. The second-order valence-electron chi connectivity index (χ2n) is 4.26. The van der Waals surface area contributed by atoms with E-state index in [2.05, 4.69) is 0 Å². The molecule has 7 nitrogen and oxygen atoms in total. The summed E-state index contributed by atoms with van der Waals surface area (Å²) in [5.74, 6) is -0.961. The van der Waals surface area contributed by atoms with Gasteiger partial charge < -0.3 is 4.42 Å². The van der Waals surface area contributed by atoms with Gasteiger partial charge in [0.25, 0.3) is 5.69 Å². The molecule has 2 heterocycles. The predicted molar refractivity (Wildman–Crippen MR) is 75.8 cm³/mol. The number of hydrogen-bond donors (Lipinski definition) is 0. The van der Waals surface area contributed by atoms with E-state index in [1.165, 1.54) is 29.5 Å². The lowest BCUT2D eigenvalue weighted by Crippen LogP contribution is -2.19. The Morgan fingerprint density at radius 1 is 1.38 bits per heavy atom. The van der Waals surface area contributed by atoms with E-state index in [0.29, 0.717) is 4.88 Å². The molecule has 0 spiro atoms. The number of aromatic nitrogens is 1. The van der Waals surface area contributed by atoms with Gasteiger partial charge in [-0.3, -0.25) is 19.5 Å². The Morgan fingerprint density at radius 3 is 2.86 bits per heavy atom. The quantitative estimate of drug-likeness (QED) is 0.419. The fourth-order valence-electron chi connectivity index (χ4n) is 1.97. The Morgan fingerprint density at radius 2 is 2.19 bits per heavy atom. The third-order valence-electron chi connectivity index (χ3n) is 2.96. The van der Waals surface area contributed by atoms with Crippen molar-refractivity contribution in [2.75, 3.05) is 0 Å². The number of Topliss-reactive ketones (excluding diaryl/α,β-unsaturated/α-hetero) is 1. The van der Waals surface area contributed by atoms with Crippen LogP contribution >= 0.6 is 11.3 Å². The van der Waals surface area contributed by atoms with Gasteiger partial charge >= 0.3 is 5.76 Å². The molecule has 0 saturated heterocycles. The van der Waals surface area contributed by atoms with Crippen molar-refractivity contribution >= 4 is 33.9 Å². The van der Waals surface area contributed by atoms with Crippen molar-refractivity contribution in [1.82, 2.24) is 4.57 Å². The number of nitro groups is 1.